The molecule has 2 fully saturated rings. The second-order valence-electron chi connectivity index (χ2n) is 4.71. The van der Waals surface area contributed by atoms with Crippen LogP contribution in [0.5, 0.6) is 0 Å². The van der Waals surface area contributed by atoms with Gasteiger partial charge in [-0.2, -0.15) is 11.8 Å². The van der Waals surface area contributed by atoms with E-state index in [2.05, 4.69) is 0 Å². The third kappa shape index (κ3) is 3.91. The summed E-state index contributed by atoms with van der Waals surface area (Å²) < 4.78 is 11.3. The van der Waals surface area contributed by atoms with E-state index in [1.165, 1.54) is 25.7 Å². The van der Waals surface area contributed by atoms with Crippen molar-refractivity contribution in [3.63, 3.8) is 0 Å². The molecular weight excluding hydrogens is 222 g/mol. The van der Waals surface area contributed by atoms with E-state index in [9.17, 15) is 0 Å². The minimum absolute atomic E-state index is 0.217. The lowest BCUT2D eigenvalue weighted by atomic mass is 10.0. The number of hydrogen-bond donors (Lipinski definition) is 1. The predicted molar refractivity (Wildman–Crippen MR) is 67.9 cm³/mol. The van der Waals surface area contributed by atoms with Crippen LogP contribution in [-0.2, 0) is 9.47 Å². The van der Waals surface area contributed by atoms with Crippen LogP contribution in [0.3, 0.4) is 0 Å². The average Bonchev–Trinajstić information content (AvgIpc) is 2.83. The summed E-state index contributed by atoms with van der Waals surface area (Å²) in [6.07, 6.45) is 6.69. The van der Waals surface area contributed by atoms with Crippen LogP contribution in [0.2, 0.25) is 0 Å². The highest BCUT2D eigenvalue weighted by Crippen LogP contribution is 2.20. The Labute approximate surface area is 102 Å². The molecule has 0 amide bonds. The summed E-state index contributed by atoms with van der Waals surface area (Å²) in [6, 6.07) is 0.217. The first-order valence-corrected chi connectivity index (χ1v) is 7.58. The molecule has 3 unspecified atom stereocenters. The van der Waals surface area contributed by atoms with Crippen molar-refractivity contribution in [1.29, 1.82) is 0 Å². The van der Waals surface area contributed by atoms with Gasteiger partial charge >= 0.3 is 0 Å². The first kappa shape index (κ1) is 12.7. The quantitative estimate of drug-likeness (QED) is 0.802. The van der Waals surface area contributed by atoms with Crippen molar-refractivity contribution in [1.82, 2.24) is 0 Å². The normalized spacial score (nSPS) is 32.8. The standard InChI is InChI=1S/C12H23NO2S/c13-11(12-9-16-8-7-15-12)5-1-3-10-4-2-6-14-10/h10-12H,1-9,13H2. The van der Waals surface area contributed by atoms with E-state index in [-0.39, 0.29) is 12.1 Å². The Bertz CT molecular complexity index is 191. The molecule has 2 rings (SSSR count). The maximum atomic E-state index is 6.15. The van der Waals surface area contributed by atoms with Crippen LogP contribution in [0, 0.1) is 0 Å². The Morgan fingerprint density at radius 3 is 2.94 bits per heavy atom. The van der Waals surface area contributed by atoms with Gasteiger partial charge in [0.1, 0.15) is 0 Å². The van der Waals surface area contributed by atoms with Crippen molar-refractivity contribution in [2.24, 2.45) is 5.73 Å². The Hall–Kier alpha value is 0.230. The van der Waals surface area contributed by atoms with E-state index in [0.29, 0.717) is 6.10 Å². The van der Waals surface area contributed by atoms with Crippen molar-refractivity contribution in [3.05, 3.63) is 0 Å². The highest BCUT2D eigenvalue weighted by Gasteiger charge is 2.22. The number of nitrogens with two attached hydrogens (primary N) is 1. The van der Waals surface area contributed by atoms with Gasteiger partial charge in [0.2, 0.25) is 0 Å². The van der Waals surface area contributed by atoms with Gasteiger partial charge in [-0.1, -0.05) is 0 Å². The number of ether oxygens (including phenoxy) is 2. The molecule has 16 heavy (non-hydrogen) atoms. The molecule has 3 atom stereocenters. The maximum absolute atomic E-state index is 6.15. The van der Waals surface area contributed by atoms with Gasteiger partial charge in [-0.15, -0.1) is 0 Å². The lowest BCUT2D eigenvalue weighted by Gasteiger charge is -2.27. The highest BCUT2D eigenvalue weighted by molar-refractivity contribution is 7.99. The van der Waals surface area contributed by atoms with Crippen molar-refractivity contribution >= 4 is 11.8 Å². The van der Waals surface area contributed by atoms with Crippen molar-refractivity contribution in [2.75, 3.05) is 24.7 Å². The second-order valence-corrected chi connectivity index (χ2v) is 5.86. The third-order valence-corrected chi connectivity index (χ3v) is 4.43. The maximum Gasteiger partial charge on any atom is 0.0816 e. The number of rotatable bonds is 5. The van der Waals surface area contributed by atoms with Gasteiger partial charge in [0, 0.05) is 24.2 Å². The molecule has 0 radical (unpaired) electrons. The van der Waals surface area contributed by atoms with E-state index in [0.717, 1.165) is 31.1 Å². The molecule has 0 spiro atoms. The van der Waals surface area contributed by atoms with Crippen molar-refractivity contribution in [2.45, 2.75) is 50.4 Å². The highest BCUT2D eigenvalue weighted by atomic mass is 32.2. The van der Waals surface area contributed by atoms with Gasteiger partial charge in [-0.3, -0.25) is 0 Å². The van der Waals surface area contributed by atoms with Crippen LogP contribution < -0.4 is 5.73 Å². The molecule has 2 heterocycles. The minimum Gasteiger partial charge on any atom is -0.378 e. The zero-order valence-corrected chi connectivity index (χ0v) is 10.7. The lowest BCUT2D eigenvalue weighted by molar-refractivity contribution is 0.0520. The van der Waals surface area contributed by atoms with Crippen LogP contribution >= 0.6 is 11.8 Å². The SMILES string of the molecule is NC(CCCC1CCCO1)C1CSCCO1. The number of hydrogen-bond acceptors (Lipinski definition) is 4. The van der Waals surface area contributed by atoms with Crippen molar-refractivity contribution in [3.8, 4) is 0 Å². The van der Waals surface area contributed by atoms with Crippen molar-refractivity contribution < 1.29 is 9.47 Å². The molecule has 94 valence electrons. The summed E-state index contributed by atoms with van der Waals surface area (Å²) in [6.45, 7) is 1.83. The largest absolute Gasteiger partial charge is 0.378 e. The molecule has 0 saturated carbocycles. The van der Waals surface area contributed by atoms with Gasteiger partial charge in [0.15, 0.2) is 0 Å². The van der Waals surface area contributed by atoms with E-state index in [1.54, 1.807) is 0 Å². The predicted octanol–water partition coefficient (Wildman–Crippen LogP) is 1.79. The fourth-order valence-electron chi connectivity index (χ4n) is 2.39. The summed E-state index contributed by atoms with van der Waals surface area (Å²) >= 11 is 1.96. The first-order chi connectivity index (χ1) is 7.86. The monoisotopic (exact) mass is 245 g/mol. The zero-order chi connectivity index (χ0) is 11.2. The Morgan fingerprint density at radius 2 is 2.25 bits per heavy atom. The average molecular weight is 245 g/mol. The third-order valence-electron chi connectivity index (χ3n) is 3.41. The molecule has 2 saturated heterocycles. The van der Waals surface area contributed by atoms with Gasteiger partial charge in [0.25, 0.3) is 0 Å². The van der Waals surface area contributed by atoms with E-state index >= 15 is 0 Å². The smallest absolute Gasteiger partial charge is 0.0816 e. The van der Waals surface area contributed by atoms with Gasteiger partial charge in [-0.05, 0) is 32.1 Å². The molecule has 2 aliphatic heterocycles. The molecule has 0 aromatic heterocycles. The summed E-state index contributed by atoms with van der Waals surface area (Å²) in [7, 11) is 0. The summed E-state index contributed by atoms with van der Waals surface area (Å²) in [5.74, 6) is 2.19. The Kier molecular flexibility index (Phi) is 5.42. The molecule has 0 bridgehead atoms. The minimum atomic E-state index is 0.217. The van der Waals surface area contributed by atoms with Crippen LogP contribution in [0.15, 0.2) is 0 Å². The van der Waals surface area contributed by atoms with E-state index in [4.69, 9.17) is 15.2 Å². The summed E-state index contributed by atoms with van der Waals surface area (Å²) in [5, 5.41) is 0. The van der Waals surface area contributed by atoms with Gasteiger partial charge in [-0.25, -0.2) is 0 Å². The topological polar surface area (TPSA) is 44.5 Å². The molecule has 4 heteroatoms. The fraction of sp³-hybridized carbons (Fsp3) is 1.00. The molecule has 0 aromatic rings. The van der Waals surface area contributed by atoms with Gasteiger partial charge in [0.05, 0.1) is 18.8 Å². The summed E-state index contributed by atoms with van der Waals surface area (Å²) in [4.78, 5) is 0. The van der Waals surface area contributed by atoms with Crippen LogP contribution in [0.25, 0.3) is 0 Å². The Balaban J connectivity index is 1.57. The fourth-order valence-corrected chi connectivity index (χ4v) is 3.35. The molecule has 2 N–H and O–H groups in total. The van der Waals surface area contributed by atoms with Crippen LogP contribution in [0.4, 0.5) is 0 Å². The van der Waals surface area contributed by atoms with Crippen LogP contribution in [-0.4, -0.2) is 43.0 Å². The molecule has 0 aromatic carbocycles. The second kappa shape index (κ2) is 6.84. The molecule has 3 nitrogen and oxygen atoms in total. The van der Waals surface area contributed by atoms with Crippen LogP contribution in [0.1, 0.15) is 32.1 Å². The summed E-state index contributed by atoms with van der Waals surface area (Å²) in [5.41, 5.74) is 6.15. The zero-order valence-electron chi connectivity index (χ0n) is 9.90. The van der Waals surface area contributed by atoms with Gasteiger partial charge < -0.3 is 15.2 Å². The molecular formula is C12H23NO2S. The number of thioether (sulfide) groups is 1. The van der Waals surface area contributed by atoms with E-state index in [1.807, 2.05) is 11.8 Å². The van der Waals surface area contributed by atoms with E-state index < -0.39 is 0 Å². The molecule has 0 aliphatic carbocycles. The first-order valence-electron chi connectivity index (χ1n) is 6.43. The lowest BCUT2D eigenvalue weighted by Crippen LogP contribution is -2.41. The molecule has 2 aliphatic rings. The Morgan fingerprint density at radius 1 is 1.31 bits per heavy atom.